The molecule has 6 heteroatoms. The van der Waals surface area contributed by atoms with E-state index in [0.717, 1.165) is 18.1 Å². The predicted molar refractivity (Wildman–Crippen MR) is 88.9 cm³/mol. The van der Waals surface area contributed by atoms with Crippen molar-refractivity contribution in [2.24, 2.45) is 5.92 Å². The van der Waals surface area contributed by atoms with E-state index in [4.69, 9.17) is 4.74 Å². The number of amides is 1. The molecule has 0 spiro atoms. The van der Waals surface area contributed by atoms with E-state index < -0.39 is 11.6 Å². The first kappa shape index (κ1) is 17.5. The second-order valence-corrected chi connectivity index (χ2v) is 6.27. The van der Waals surface area contributed by atoms with Crippen LogP contribution in [0.2, 0.25) is 0 Å². The number of halogens is 2. The van der Waals surface area contributed by atoms with Crippen LogP contribution in [0.15, 0.2) is 42.7 Å². The summed E-state index contributed by atoms with van der Waals surface area (Å²) in [6, 6.07) is 7.26. The molecule has 0 unspecified atom stereocenters. The Kier molecular flexibility index (Phi) is 5.71. The van der Waals surface area contributed by atoms with Gasteiger partial charge in [-0.05, 0) is 42.2 Å². The van der Waals surface area contributed by atoms with Crippen molar-refractivity contribution >= 4 is 5.91 Å². The summed E-state index contributed by atoms with van der Waals surface area (Å²) in [7, 11) is 0. The first-order valence-electron chi connectivity index (χ1n) is 8.32. The largest absolute Gasteiger partial charge is 0.379 e. The van der Waals surface area contributed by atoms with E-state index in [0.29, 0.717) is 18.8 Å². The SMILES string of the molecule is O=C(CCc1ccc(F)cc1F)N[C@H]1COC[C@H]1Cc1ccncc1. The molecule has 1 aliphatic rings. The van der Waals surface area contributed by atoms with E-state index >= 15 is 0 Å². The molecule has 0 radical (unpaired) electrons. The van der Waals surface area contributed by atoms with Gasteiger partial charge >= 0.3 is 0 Å². The average molecular weight is 346 g/mol. The van der Waals surface area contributed by atoms with E-state index in [1.807, 2.05) is 12.1 Å². The monoisotopic (exact) mass is 346 g/mol. The highest BCUT2D eigenvalue weighted by atomic mass is 19.1. The van der Waals surface area contributed by atoms with Crippen molar-refractivity contribution in [3.63, 3.8) is 0 Å². The Balaban J connectivity index is 1.51. The maximum absolute atomic E-state index is 13.6. The summed E-state index contributed by atoms with van der Waals surface area (Å²) >= 11 is 0. The molecule has 2 atom stereocenters. The fourth-order valence-electron chi connectivity index (χ4n) is 3.03. The molecule has 25 heavy (non-hydrogen) atoms. The molecule has 0 aliphatic carbocycles. The zero-order valence-corrected chi connectivity index (χ0v) is 13.8. The smallest absolute Gasteiger partial charge is 0.220 e. The molecular formula is C19H20F2N2O2. The average Bonchev–Trinajstić information content (AvgIpc) is 3.02. The lowest BCUT2D eigenvalue weighted by Crippen LogP contribution is -2.40. The minimum atomic E-state index is -0.618. The van der Waals surface area contributed by atoms with Crippen molar-refractivity contribution in [1.29, 1.82) is 0 Å². The quantitative estimate of drug-likeness (QED) is 0.875. The number of nitrogens with zero attached hydrogens (tertiary/aromatic N) is 1. The number of carbonyl (C=O) groups excluding carboxylic acids is 1. The van der Waals surface area contributed by atoms with Crippen molar-refractivity contribution in [1.82, 2.24) is 10.3 Å². The second-order valence-electron chi connectivity index (χ2n) is 6.27. The molecule has 0 bridgehead atoms. The maximum atomic E-state index is 13.6. The Morgan fingerprint density at radius 2 is 2.00 bits per heavy atom. The standard InChI is InChI=1S/C19H20F2N2O2/c20-16-3-1-14(17(21)10-16)2-4-19(24)23-18-12-25-11-15(18)9-13-5-7-22-8-6-13/h1,3,5-8,10,15,18H,2,4,9,11-12H2,(H,23,24)/t15-,18+/m1/s1. The van der Waals surface area contributed by atoms with Crippen molar-refractivity contribution in [3.8, 4) is 0 Å². The van der Waals surface area contributed by atoms with Gasteiger partial charge in [0.1, 0.15) is 11.6 Å². The van der Waals surface area contributed by atoms with E-state index in [1.165, 1.54) is 12.1 Å². The topological polar surface area (TPSA) is 51.2 Å². The fraction of sp³-hybridized carbons (Fsp3) is 0.368. The van der Waals surface area contributed by atoms with Crippen molar-refractivity contribution in [2.75, 3.05) is 13.2 Å². The van der Waals surface area contributed by atoms with E-state index in [9.17, 15) is 13.6 Å². The molecule has 1 aliphatic heterocycles. The summed E-state index contributed by atoms with van der Waals surface area (Å²) in [6.07, 6.45) is 4.69. The summed E-state index contributed by atoms with van der Waals surface area (Å²) in [5.74, 6) is -1.19. The molecule has 1 fully saturated rings. The number of nitrogens with one attached hydrogen (secondary N) is 1. The highest BCUT2D eigenvalue weighted by Crippen LogP contribution is 2.19. The summed E-state index contributed by atoms with van der Waals surface area (Å²) < 4.78 is 32.0. The van der Waals surface area contributed by atoms with Gasteiger partial charge in [-0.25, -0.2) is 8.78 Å². The van der Waals surface area contributed by atoms with Crippen LogP contribution in [0.25, 0.3) is 0 Å². The number of aromatic nitrogens is 1. The molecule has 2 aromatic rings. The van der Waals surface area contributed by atoms with Crippen molar-refractivity contribution < 1.29 is 18.3 Å². The molecule has 1 saturated heterocycles. The van der Waals surface area contributed by atoms with Gasteiger partial charge in [0.05, 0.1) is 19.3 Å². The molecule has 3 rings (SSSR count). The molecular weight excluding hydrogens is 326 g/mol. The first-order chi connectivity index (χ1) is 12.1. The van der Waals surface area contributed by atoms with Crippen molar-refractivity contribution in [2.45, 2.75) is 25.3 Å². The van der Waals surface area contributed by atoms with Crippen LogP contribution in [-0.4, -0.2) is 30.1 Å². The van der Waals surface area contributed by atoms with Gasteiger partial charge < -0.3 is 10.1 Å². The molecule has 1 aromatic carbocycles. The van der Waals surface area contributed by atoms with Crippen LogP contribution in [0.4, 0.5) is 8.78 Å². The van der Waals surface area contributed by atoms with Crippen LogP contribution >= 0.6 is 0 Å². The number of benzene rings is 1. The number of hydrogen-bond acceptors (Lipinski definition) is 3. The molecule has 1 aromatic heterocycles. The third kappa shape index (κ3) is 4.82. The predicted octanol–water partition coefficient (Wildman–Crippen LogP) is 2.67. The Hall–Kier alpha value is -2.34. The summed E-state index contributed by atoms with van der Waals surface area (Å²) in [6.45, 7) is 1.08. The molecule has 132 valence electrons. The zero-order chi connectivity index (χ0) is 17.6. The number of aryl methyl sites for hydroxylation is 1. The van der Waals surface area contributed by atoms with Crippen molar-refractivity contribution in [3.05, 3.63) is 65.5 Å². The molecule has 0 saturated carbocycles. The molecule has 4 nitrogen and oxygen atoms in total. The summed E-state index contributed by atoms with van der Waals surface area (Å²) in [4.78, 5) is 16.2. The minimum Gasteiger partial charge on any atom is -0.379 e. The van der Waals surface area contributed by atoms with Gasteiger partial charge in [-0.15, -0.1) is 0 Å². The Bertz CT molecular complexity index is 725. The zero-order valence-electron chi connectivity index (χ0n) is 13.8. The third-order valence-corrected chi connectivity index (χ3v) is 4.43. The van der Waals surface area contributed by atoms with Gasteiger partial charge in [0.15, 0.2) is 0 Å². The Labute approximate surface area is 145 Å². The Morgan fingerprint density at radius 1 is 1.20 bits per heavy atom. The highest BCUT2D eigenvalue weighted by Gasteiger charge is 2.29. The maximum Gasteiger partial charge on any atom is 0.220 e. The van der Waals surface area contributed by atoms with E-state index in [-0.39, 0.29) is 30.7 Å². The van der Waals surface area contributed by atoms with E-state index in [1.54, 1.807) is 12.4 Å². The van der Waals surface area contributed by atoms with Crippen LogP contribution in [-0.2, 0) is 22.4 Å². The van der Waals surface area contributed by atoms with Crippen LogP contribution in [0.3, 0.4) is 0 Å². The number of pyridine rings is 1. The summed E-state index contributed by atoms with van der Waals surface area (Å²) in [5, 5.41) is 2.97. The highest BCUT2D eigenvalue weighted by molar-refractivity contribution is 5.76. The number of carbonyl (C=O) groups is 1. The lowest BCUT2D eigenvalue weighted by atomic mass is 9.95. The molecule has 2 heterocycles. The fourth-order valence-corrected chi connectivity index (χ4v) is 3.03. The Morgan fingerprint density at radius 3 is 2.76 bits per heavy atom. The first-order valence-corrected chi connectivity index (χ1v) is 8.32. The number of ether oxygens (including phenoxy) is 1. The third-order valence-electron chi connectivity index (χ3n) is 4.43. The van der Waals surface area contributed by atoms with Gasteiger partial charge in [-0.3, -0.25) is 9.78 Å². The van der Waals surface area contributed by atoms with Gasteiger partial charge in [0.2, 0.25) is 5.91 Å². The van der Waals surface area contributed by atoms with E-state index in [2.05, 4.69) is 10.3 Å². The molecule has 1 amide bonds. The van der Waals surface area contributed by atoms with Crippen LogP contribution in [0, 0.1) is 17.6 Å². The van der Waals surface area contributed by atoms with Crippen LogP contribution < -0.4 is 5.32 Å². The number of hydrogen-bond donors (Lipinski definition) is 1. The summed E-state index contributed by atoms with van der Waals surface area (Å²) in [5.41, 5.74) is 1.49. The van der Waals surface area contributed by atoms with Gasteiger partial charge in [-0.2, -0.15) is 0 Å². The van der Waals surface area contributed by atoms with Crippen LogP contribution in [0.1, 0.15) is 17.5 Å². The normalized spacial score (nSPS) is 19.8. The minimum absolute atomic E-state index is 0.0567. The van der Waals surface area contributed by atoms with Gasteiger partial charge in [-0.1, -0.05) is 6.07 Å². The molecule has 1 N–H and O–H groups in total. The van der Waals surface area contributed by atoms with Gasteiger partial charge in [0.25, 0.3) is 0 Å². The number of rotatable bonds is 6. The second kappa shape index (κ2) is 8.16. The lowest BCUT2D eigenvalue weighted by Gasteiger charge is -2.19. The lowest BCUT2D eigenvalue weighted by molar-refractivity contribution is -0.122. The van der Waals surface area contributed by atoms with Crippen LogP contribution in [0.5, 0.6) is 0 Å². The van der Waals surface area contributed by atoms with Gasteiger partial charge in [0, 0.05) is 30.8 Å².